The first kappa shape index (κ1) is 12.4. The molecular weight excluding hydrogens is 290 g/mol. The molecule has 1 aliphatic carbocycles. The predicted octanol–water partition coefficient (Wildman–Crippen LogP) is 4.98. The molecule has 2 atom stereocenters. The van der Waals surface area contributed by atoms with Crippen molar-refractivity contribution in [3.63, 3.8) is 0 Å². The number of hydrogen-bond acceptors (Lipinski definition) is 0. The van der Waals surface area contributed by atoms with E-state index in [0.717, 1.165) is 12.0 Å². The summed E-state index contributed by atoms with van der Waals surface area (Å²) in [5, 5.41) is 0.566. The van der Waals surface area contributed by atoms with E-state index in [1.165, 1.54) is 37.8 Å². The molecular formula is C13H15BrClF. The molecule has 0 aliphatic heterocycles. The van der Waals surface area contributed by atoms with Gasteiger partial charge in [0.1, 0.15) is 5.82 Å². The molecule has 1 saturated carbocycles. The Morgan fingerprint density at radius 2 is 2.19 bits per heavy atom. The third-order valence-corrected chi connectivity index (χ3v) is 4.43. The first-order valence-electron chi connectivity index (χ1n) is 5.73. The van der Waals surface area contributed by atoms with Gasteiger partial charge in [0.2, 0.25) is 0 Å². The summed E-state index contributed by atoms with van der Waals surface area (Å²) in [6, 6.07) is 4.72. The molecule has 1 fully saturated rings. The summed E-state index contributed by atoms with van der Waals surface area (Å²) >= 11 is 9.71. The van der Waals surface area contributed by atoms with Crippen LogP contribution < -0.4 is 0 Å². The van der Waals surface area contributed by atoms with Crippen LogP contribution in [0.1, 0.15) is 31.2 Å². The van der Waals surface area contributed by atoms with Crippen molar-refractivity contribution in [1.82, 2.24) is 0 Å². The van der Waals surface area contributed by atoms with Crippen molar-refractivity contribution >= 4 is 27.5 Å². The Kier molecular flexibility index (Phi) is 4.26. The van der Waals surface area contributed by atoms with Crippen molar-refractivity contribution in [2.75, 3.05) is 0 Å². The monoisotopic (exact) mass is 304 g/mol. The lowest BCUT2D eigenvalue weighted by atomic mass is 9.85. The molecule has 0 saturated heterocycles. The average Bonchev–Trinajstić information content (AvgIpc) is 2.22. The van der Waals surface area contributed by atoms with E-state index < -0.39 is 0 Å². The zero-order valence-corrected chi connectivity index (χ0v) is 11.4. The van der Waals surface area contributed by atoms with Crippen LogP contribution in [0.25, 0.3) is 0 Å². The molecule has 16 heavy (non-hydrogen) atoms. The maximum absolute atomic E-state index is 12.9. The summed E-state index contributed by atoms with van der Waals surface area (Å²) < 4.78 is 12.9. The van der Waals surface area contributed by atoms with E-state index >= 15 is 0 Å². The zero-order valence-electron chi connectivity index (χ0n) is 9.06. The van der Waals surface area contributed by atoms with E-state index in [4.69, 9.17) is 11.6 Å². The lowest BCUT2D eigenvalue weighted by molar-refractivity contribution is 0.368. The van der Waals surface area contributed by atoms with Crippen LogP contribution in [0.4, 0.5) is 4.39 Å². The quantitative estimate of drug-likeness (QED) is 0.676. The Morgan fingerprint density at radius 3 is 2.88 bits per heavy atom. The van der Waals surface area contributed by atoms with Gasteiger partial charge in [-0.25, -0.2) is 4.39 Å². The fourth-order valence-corrected chi connectivity index (χ4v) is 3.51. The highest BCUT2D eigenvalue weighted by molar-refractivity contribution is 9.09. The van der Waals surface area contributed by atoms with Crippen LogP contribution in [-0.4, -0.2) is 4.83 Å². The molecule has 0 radical (unpaired) electrons. The smallest absolute Gasteiger partial charge is 0.124 e. The molecule has 0 nitrogen and oxygen atoms in total. The van der Waals surface area contributed by atoms with Gasteiger partial charge in [-0.1, -0.05) is 46.4 Å². The summed E-state index contributed by atoms with van der Waals surface area (Å²) in [6.45, 7) is 0. The third-order valence-electron chi connectivity index (χ3n) is 3.24. The van der Waals surface area contributed by atoms with Gasteiger partial charge in [0.05, 0.1) is 0 Å². The molecule has 2 unspecified atom stereocenters. The predicted molar refractivity (Wildman–Crippen MR) is 69.8 cm³/mol. The third kappa shape index (κ3) is 3.21. The summed E-state index contributed by atoms with van der Waals surface area (Å²) in [5.74, 6) is 0.428. The highest BCUT2D eigenvalue weighted by Crippen LogP contribution is 2.32. The van der Waals surface area contributed by atoms with E-state index in [-0.39, 0.29) is 5.82 Å². The van der Waals surface area contributed by atoms with Crippen LogP contribution in [0.5, 0.6) is 0 Å². The van der Waals surface area contributed by atoms with Crippen LogP contribution in [0.3, 0.4) is 0 Å². The summed E-state index contributed by atoms with van der Waals surface area (Å²) in [6.07, 6.45) is 5.98. The fraction of sp³-hybridized carbons (Fsp3) is 0.538. The van der Waals surface area contributed by atoms with Crippen molar-refractivity contribution in [2.45, 2.75) is 36.9 Å². The van der Waals surface area contributed by atoms with E-state index in [2.05, 4.69) is 15.9 Å². The van der Waals surface area contributed by atoms with Gasteiger partial charge in [-0.2, -0.15) is 0 Å². The van der Waals surface area contributed by atoms with E-state index in [1.807, 2.05) is 6.07 Å². The number of hydrogen-bond donors (Lipinski definition) is 0. The molecule has 0 N–H and O–H groups in total. The highest BCUT2D eigenvalue weighted by Gasteiger charge is 2.20. The summed E-state index contributed by atoms with van der Waals surface area (Å²) in [5.41, 5.74) is 1.08. The molecule has 2 rings (SSSR count). The Labute approximate surface area is 109 Å². The molecule has 0 spiro atoms. The number of benzene rings is 1. The van der Waals surface area contributed by atoms with Crippen LogP contribution in [0, 0.1) is 11.7 Å². The molecule has 1 aromatic carbocycles. The van der Waals surface area contributed by atoms with E-state index in [0.29, 0.717) is 15.8 Å². The molecule has 1 aliphatic rings. The highest BCUT2D eigenvalue weighted by atomic mass is 79.9. The average molecular weight is 306 g/mol. The first-order valence-corrected chi connectivity index (χ1v) is 7.02. The molecule has 0 bridgehead atoms. The van der Waals surface area contributed by atoms with Crippen molar-refractivity contribution in [3.8, 4) is 0 Å². The van der Waals surface area contributed by atoms with Gasteiger partial charge in [-0.3, -0.25) is 0 Å². The van der Waals surface area contributed by atoms with Crippen LogP contribution in [0.2, 0.25) is 5.02 Å². The lowest BCUT2D eigenvalue weighted by Gasteiger charge is -2.25. The van der Waals surface area contributed by atoms with Gasteiger partial charge >= 0.3 is 0 Å². The SMILES string of the molecule is Fc1ccc(CC2CCCC(Br)C2)c(Cl)c1. The summed E-state index contributed by atoms with van der Waals surface area (Å²) in [7, 11) is 0. The van der Waals surface area contributed by atoms with Gasteiger partial charge in [0, 0.05) is 9.85 Å². The Morgan fingerprint density at radius 1 is 1.38 bits per heavy atom. The molecule has 0 aromatic heterocycles. The topological polar surface area (TPSA) is 0 Å². The summed E-state index contributed by atoms with van der Waals surface area (Å²) in [4.78, 5) is 0.644. The van der Waals surface area contributed by atoms with Crippen molar-refractivity contribution < 1.29 is 4.39 Å². The normalized spacial score (nSPS) is 25.7. The van der Waals surface area contributed by atoms with Gasteiger partial charge in [-0.05, 0) is 42.9 Å². The Hall–Kier alpha value is -0.0800. The second kappa shape index (κ2) is 5.50. The second-order valence-electron chi connectivity index (χ2n) is 4.57. The van der Waals surface area contributed by atoms with Gasteiger partial charge in [-0.15, -0.1) is 0 Å². The zero-order chi connectivity index (χ0) is 11.5. The second-order valence-corrected chi connectivity index (χ2v) is 6.27. The first-order chi connectivity index (χ1) is 7.65. The maximum Gasteiger partial charge on any atom is 0.124 e. The molecule has 0 amide bonds. The minimum atomic E-state index is -0.254. The maximum atomic E-state index is 12.9. The Balaban J connectivity index is 2.02. The number of rotatable bonds is 2. The van der Waals surface area contributed by atoms with Gasteiger partial charge in [0.25, 0.3) is 0 Å². The minimum absolute atomic E-state index is 0.254. The Bertz CT molecular complexity index is 367. The van der Waals surface area contributed by atoms with E-state index in [9.17, 15) is 4.39 Å². The molecule has 0 heterocycles. The van der Waals surface area contributed by atoms with Crippen molar-refractivity contribution in [3.05, 3.63) is 34.6 Å². The fourth-order valence-electron chi connectivity index (χ4n) is 2.41. The van der Waals surface area contributed by atoms with Gasteiger partial charge < -0.3 is 0 Å². The lowest BCUT2D eigenvalue weighted by Crippen LogP contribution is -2.17. The van der Waals surface area contributed by atoms with E-state index in [1.54, 1.807) is 0 Å². The standard InChI is InChI=1S/C13H15BrClF/c14-11-3-1-2-9(7-11)6-10-4-5-12(16)8-13(10)15/h4-5,8-9,11H,1-3,6-7H2. The van der Waals surface area contributed by atoms with Crippen LogP contribution >= 0.6 is 27.5 Å². The van der Waals surface area contributed by atoms with Crippen LogP contribution in [0.15, 0.2) is 18.2 Å². The minimum Gasteiger partial charge on any atom is -0.207 e. The van der Waals surface area contributed by atoms with Crippen LogP contribution in [-0.2, 0) is 6.42 Å². The molecule has 88 valence electrons. The molecule has 1 aromatic rings. The number of alkyl halides is 1. The largest absolute Gasteiger partial charge is 0.207 e. The molecule has 3 heteroatoms. The van der Waals surface area contributed by atoms with Crippen molar-refractivity contribution in [1.29, 1.82) is 0 Å². The van der Waals surface area contributed by atoms with Crippen molar-refractivity contribution in [2.24, 2.45) is 5.92 Å². The number of halogens is 3. The van der Waals surface area contributed by atoms with Gasteiger partial charge in [0.15, 0.2) is 0 Å².